The van der Waals surface area contributed by atoms with Crippen LogP contribution in [0.15, 0.2) is 85.2 Å². The Morgan fingerprint density at radius 3 is 2.43 bits per heavy atom. The van der Waals surface area contributed by atoms with E-state index in [1.807, 2.05) is 77.7 Å². The summed E-state index contributed by atoms with van der Waals surface area (Å²) in [7, 11) is 0. The number of hydrogen-bond donors (Lipinski definition) is 1. The van der Waals surface area contributed by atoms with Gasteiger partial charge in [-0.1, -0.05) is 48.5 Å². The number of fused-ring (bicyclic) bond motifs is 3. The van der Waals surface area contributed by atoms with Crippen LogP contribution in [0.25, 0.3) is 16.8 Å². The van der Waals surface area contributed by atoms with Crippen LogP contribution in [0.4, 0.5) is 0 Å². The van der Waals surface area contributed by atoms with Crippen LogP contribution in [0.2, 0.25) is 0 Å². The number of rotatable bonds is 5. The molecule has 5 heteroatoms. The molecule has 30 heavy (non-hydrogen) atoms. The molecule has 0 spiro atoms. The minimum atomic E-state index is -0.183. The predicted molar refractivity (Wildman–Crippen MR) is 115 cm³/mol. The number of carbonyl (C=O) groups is 2. The van der Waals surface area contributed by atoms with Crippen molar-refractivity contribution in [3.8, 4) is 16.8 Å². The molecule has 0 aliphatic heterocycles. The van der Waals surface area contributed by atoms with Crippen molar-refractivity contribution in [1.82, 2.24) is 15.1 Å². The average molecular weight is 393 g/mol. The highest BCUT2D eigenvalue weighted by atomic mass is 16.1. The van der Waals surface area contributed by atoms with E-state index in [4.69, 9.17) is 0 Å². The van der Waals surface area contributed by atoms with Gasteiger partial charge in [-0.2, -0.15) is 5.10 Å². The van der Waals surface area contributed by atoms with Crippen LogP contribution < -0.4 is 5.32 Å². The first-order valence-corrected chi connectivity index (χ1v) is 9.86. The third-order valence-corrected chi connectivity index (χ3v) is 5.34. The Morgan fingerprint density at radius 2 is 1.60 bits per heavy atom. The van der Waals surface area contributed by atoms with Gasteiger partial charge in [-0.3, -0.25) is 9.59 Å². The van der Waals surface area contributed by atoms with Crippen molar-refractivity contribution in [3.05, 3.63) is 107 Å². The molecule has 0 saturated heterocycles. The van der Waals surface area contributed by atoms with Gasteiger partial charge in [0.25, 0.3) is 5.91 Å². The monoisotopic (exact) mass is 393 g/mol. The largest absolute Gasteiger partial charge is 0.352 e. The second kappa shape index (κ2) is 7.44. The van der Waals surface area contributed by atoms with Crippen molar-refractivity contribution in [2.75, 3.05) is 6.54 Å². The second-order valence-electron chi connectivity index (χ2n) is 7.27. The van der Waals surface area contributed by atoms with Gasteiger partial charge in [0.2, 0.25) is 0 Å². The molecule has 0 radical (unpaired) electrons. The van der Waals surface area contributed by atoms with Crippen LogP contribution in [-0.4, -0.2) is 28.0 Å². The summed E-state index contributed by atoms with van der Waals surface area (Å²) in [5.74, 6) is -0.208. The minimum absolute atomic E-state index is 0.0245. The number of hydrogen-bond acceptors (Lipinski definition) is 3. The van der Waals surface area contributed by atoms with E-state index in [0.29, 0.717) is 29.7 Å². The lowest BCUT2D eigenvalue weighted by molar-refractivity contribution is 0.0954. The fraction of sp³-hybridized carbons (Fsp3) is 0.0800. The molecule has 0 atom stereocenters. The Kier molecular flexibility index (Phi) is 4.48. The van der Waals surface area contributed by atoms with Gasteiger partial charge in [-0.05, 0) is 47.4 Å². The topological polar surface area (TPSA) is 64.0 Å². The second-order valence-corrected chi connectivity index (χ2v) is 7.27. The number of nitrogens with zero attached hydrogens (tertiary/aromatic N) is 2. The molecule has 1 aromatic heterocycles. The van der Waals surface area contributed by atoms with Crippen molar-refractivity contribution in [1.29, 1.82) is 0 Å². The summed E-state index contributed by atoms with van der Waals surface area (Å²) < 4.78 is 1.82. The lowest BCUT2D eigenvalue weighted by Gasteiger charge is -2.06. The Labute approximate surface area is 174 Å². The highest BCUT2D eigenvalue weighted by Gasteiger charge is 2.26. The third kappa shape index (κ3) is 3.20. The van der Waals surface area contributed by atoms with E-state index in [9.17, 15) is 9.59 Å². The van der Waals surface area contributed by atoms with Gasteiger partial charge >= 0.3 is 0 Å². The minimum Gasteiger partial charge on any atom is -0.352 e. The molecule has 3 aromatic carbocycles. The van der Waals surface area contributed by atoms with Crippen LogP contribution >= 0.6 is 0 Å². The van der Waals surface area contributed by atoms with E-state index in [2.05, 4.69) is 10.4 Å². The van der Waals surface area contributed by atoms with Gasteiger partial charge in [0.05, 0.1) is 11.9 Å². The smallest absolute Gasteiger partial charge is 0.251 e. The molecule has 0 bridgehead atoms. The molecule has 146 valence electrons. The fourth-order valence-corrected chi connectivity index (χ4v) is 3.80. The molecule has 1 aliphatic carbocycles. The maximum Gasteiger partial charge on any atom is 0.251 e. The van der Waals surface area contributed by atoms with Gasteiger partial charge in [-0.25, -0.2) is 4.68 Å². The van der Waals surface area contributed by atoms with E-state index in [1.54, 1.807) is 12.1 Å². The number of nitrogens with one attached hydrogen (secondary N) is 1. The van der Waals surface area contributed by atoms with Gasteiger partial charge < -0.3 is 5.32 Å². The zero-order valence-electron chi connectivity index (χ0n) is 16.2. The van der Waals surface area contributed by atoms with Gasteiger partial charge in [0.15, 0.2) is 5.78 Å². The fourth-order valence-electron chi connectivity index (χ4n) is 3.80. The van der Waals surface area contributed by atoms with E-state index >= 15 is 0 Å². The zero-order chi connectivity index (χ0) is 20.5. The lowest BCUT2D eigenvalue weighted by Crippen LogP contribution is -2.25. The summed E-state index contributed by atoms with van der Waals surface area (Å²) in [6.45, 7) is 0.491. The molecule has 5 rings (SSSR count). The molecule has 4 aromatic rings. The molecule has 0 saturated carbocycles. The van der Waals surface area contributed by atoms with E-state index in [-0.39, 0.29) is 11.7 Å². The molecular formula is C25H19N3O2. The predicted octanol–water partition coefficient (Wildman–Crippen LogP) is 4.06. The third-order valence-electron chi connectivity index (χ3n) is 5.34. The summed E-state index contributed by atoms with van der Waals surface area (Å²) in [5.41, 5.74) is 5.64. The van der Waals surface area contributed by atoms with Crippen LogP contribution in [0.3, 0.4) is 0 Å². The highest BCUT2D eigenvalue weighted by Crippen LogP contribution is 2.36. The summed E-state index contributed by atoms with van der Waals surface area (Å²) >= 11 is 0. The van der Waals surface area contributed by atoms with Crippen molar-refractivity contribution >= 4 is 11.7 Å². The quantitative estimate of drug-likeness (QED) is 0.490. The summed E-state index contributed by atoms with van der Waals surface area (Å²) in [6.07, 6.45) is 4.45. The number of ketones is 1. The van der Waals surface area contributed by atoms with Crippen molar-refractivity contribution in [3.63, 3.8) is 0 Å². The molecule has 1 heterocycles. The van der Waals surface area contributed by atoms with E-state index in [1.165, 1.54) is 0 Å². The maximum atomic E-state index is 12.6. The highest BCUT2D eigenvalue weighted by molar-refractivity contribution is 6.22. The first kappa shape index (κ1) is 18.1. The van der Waals surface area contributed by atoms with Crippen molar-refractivity contribution in [2.45, 2.75) is 6.42 Å². The van der Waals surface area contributed by atoms with Crippen molar-refractivity contribution < 1.29 is 9.59 Å². The van der Waals surface area contributed by atoms with Gasteiger partial charge in [-0.15, -0.1) is 0 Å². The normalized spacial score (nSPS) is 11.8. The van der Waals surface area contributed by atoms with Crippen molar-refractivity contribution in [2.24, 2.45) is 0 Å². The first-order valence-electron chi connectivity index (χ1n) is 9.86. The molecule has 1 amide bonds. The van der Waals surface area contributed by atoms with Crippen LogP contribution in [-0.2, 0) is 6.42 Å². The van der Waals surface area contributed by atoms with E-state index in [0.717, 1.165) is 22.4 Å². The Morgan fingerprint density at radius 1 is 0.867 bits per heavy atom. The Balaban J connectivity index is 1.24. The molecule has 1 aliphatic rings. The summed E-state index contributed by atoms with van der Waals surface area (Å²) in [5, 5.41) is 7.31. The van der Waals surface area contributed by atoms with Gasteiger partial charge in [0.1, 0.15) is 0 Å². The first-order chi connectivity index (χ1) is 14.7. The Bertz CT molecular complexity index is 1260. The maximum absolute atomic E-state index is 12.6. The van der Waals surface area contributed by atoms with Crippen LogP contribution in [0.5, 0.6) is 0 Å². The molecule has 5 nitrogen and oxygen atoms in total. The Hall–Kier alpha value is -3.99. The standard InChI is InChI=1S/C25H19N3O2/c29-24-22-9-5-4-8-20(22)21-11-10-18(14-23(21)24)25(30)26-13-12-17-15-27-28(16-17)19-6-2-1-3-7-19/h1-11,14-16H,12-13H2,(H,26,30). The molecule has 0 fully saturated rings. The molecule has 1 N–H and O–H groups in total. The molecular weight excluding hydrogens is 374 g/mol. The van der Waals surface area contributed by atoms with Gasteiger partial charge in [0, 0.05) is 29.4 Å². The number of amides is 1. The zero-order valence-corrected chi connectivity index (χ0v) is 16.2. The number of para-hydroxylation sites is 1. The summed E-state index contributed by atoms with van der Waals surface area (Å²) in [6, 6.07) is 22.8. The molecule has 0 unspecified atom stereocenters. The SMILES string of the molecule is O=C(NCCc1cnn(-c2ccccc2)c1)c1ccc2c(c1)C(=O)c1ccccc1-2. The van der Waals surface area contributed by atoms with E-state index < -0.39 is 0 Å². The average Bonchev–Trinajstić information content (AvgIpc) is 3.38. The van der Waals surface area contributed by atoms with Crippen LogP contribution in [0.1, 0.15) is 31.8 Å². The van der Waals surface area contributed by atoms with Crippen LogP contribution in [0, 0.1) is 0 Å². The number of aromatic nitrogens is 2. The lowest BCUT2D eigenvalue weighted by atomic mass is 10.0. The number of benzene rings is 3. The summed E-state index contributed by atoms with van der Waals surface area (Å²) in [4.78, 5) is 25.2. The number of carbonyl (C=O) groups excluding carboxylic acids is 2.